The van der Waals surface area contributed by atoms with Crippen LogP contribution in [-0.4, -0.2) is 79.7 Å². The zero-order chi connectivity index (χ0) is 35.3. The Morgan fingerprint density at radius 1 is 0.913 bits per heavy atom. The van der Waals surface area contributed by atoms with Crippen molar-refractivity contribution in [3.05, 3.63) is 47.3 Å². The highest BCUT2D eigenvalue weighted by molar-refractivity contribution is 5.96. The lowest BCUT2D eigenvalue weighted by atomic mass is 9.85. The number of hydrogen-bond acceptors (Lipinski definition) is 10. The Bertz CT molecular complexity index is 1170. The second-order valence-electron chi connectivity index (χ2n) is 12.8. The molecule has 11 nitrogen and oxygen atoms in total. The smallest absolute Gasteiger partial charge is 0.342 e. The van der Waals surface area contributed by atoms with Crippen LogP contribution < -0.4 is 0 Å². The molecule has 0 saturated heterocycles. The van der Waals surface area contributed by atoms with Crippen LogP contribution in [0.15, 0.2) is 47.3 Å². The average Bonchev–Trinajstić information content (AvgIpc) is 3.22. The molecule has 0 fully saturated rings. The number of carboxylic acids is 1. The highest BCUT2D eigenvalue weighted by atomic mass is 16.5. The van der Waals surface area contributed by atoms with E-state index in [1.807, 2.05) is 20.8 Å². The van der Waals surface area contributed by atoms with Gasteiger partial charge in [-0.25, -0.2) is 9.59 Å². The van der Waals surface area contributed by atoms with Crippen LogP contribution in [0.2, 0.25) is 0 Å². The zero-order valence-electron chi connectivity index (χ0n) is 28.3. The molecule has 0 saturated carbocycles. The molecule has 11 heteroatoms. The van der Waals surface area contributed by atoms with Gasteiger partial charge in [0.05, 0.1) is 36.4 Å². The molecule has 0 aromatic rings. The van der Waals surface area contributed by atoms with Crippen LogP contribution >= 0.6 is 0 Å². The number of aliphatic carboxylic acids is 1. The number of esters is 2. The van der Waals surface area contributed by atoms with Crippen molar-refractivity contribution < 1.29 is 54.2 Å². The third-order valence-corrected chi connectivity index (χ3v) is 8.77. The molecule has 0 aromatic heterocycles. The summed E-state index contributed by atoms with van der Waals surface area (Å²) in [6.45, 7) is 15.9. The molecular formula is C35H54O11. The van der Waals surface area contributed by atoms with Crippen LogP contribution in [0.1, 0.15) is 93.4 Å². The zero-order valence-corrected chi connectivity index (χ0v) is 28.3. The van der Waals surface area contributed by atoms with E-state index in [4.69, 9.17) is 14.6 Å². The number of hydrogen-bond donors (Lipinski definition) is 5. The Morgan fingerprint density at radius 3 is 2.09 bits per heavy atom. The summed E-state index contributed by atoms with van der Waals surface area (Å²) in [6, 6.07) is 0. The van der Waals surface area contributed by atoms with Gasteiger partial charge in [-0.3, -0.25) is 9.59 Å². The Labute approximate surface area is 272 Å². The molecule has 46 heavy (non-hydrogen) atoms. The van der Waals surface area contributed by atoms with Gasteiger partial charge in [0.1, 0.15) is 17.6 Å². The number of carbonyl (C=O) groups excluding carboxylic acids is 3. The van der Waals surface area contributed by atoms with Gasteiger partial charge in [-0.15, -0.1) is 0 Å². The first-order valence-corrected chi connectivity index (χ1v) is 16.1. The summed E-state index contributed by atoms with van der Waals surface area (Å²) < 4.78 is 10.2. The van der Waals surface area contributed by atoms with Crippen molar-refractivity contribution >= 4 is 23.7 Å². The number of Topliss-reactive ketones (excluding diaryl/α,β-unsaturated/α-hetero) is 1. The maximum absolute atomic E-state index is 12.9. The summed E-state index contributed by atoms with van der Waals surface area (Å²) in [5.74, 6) is -3.74. The Kier molecular flexibility index (Phi) is 17.4. The molecular weight excluding hydrogens is 596 g/mol. The molecule has 5 unspecified atom stereocenters. The predicted molar refractivity (Wildman–Crippen MR) is 172 cm³/mol. The lowest BCUT2D eigenvalue weighted by molar-refractivity contribution is -0.154. The van der Waals surface area contributed by atoms with Crippen molar-refractivity contribution in [1.29, 1.82) is 0 Å². The molecule has 260 valence electrons. The SMILES string of the molecule is C=C1OC(=O)C(C(O)CC(=O)O[C@H](C)[C@@H](C)C(O)CC(=O)[C@@H](C)C(O)CCC(C)C[C@@H](C)CC(O)/C=C(/C=C/C(=O)O)CC)=C1C. The number of carboxylic acid groups (broad SMARTS) is 1. The Balaban J connectivity index is 2.52. The van der Waals surface area contributed by atoms with E-state index in [0.717, 1.165) is 18.1 Å². The molecule has 0 aromatic carbocycles. The molecule has 9 atom stereocenters. The molecule has 5 N–H and O–H groups in total. The van der Waals surface area contributed by atoms with Crippen molar-refractivity contribution in [1.82, 2.24) is 0 Å². The van der Waals surface area contributed by atoms with Crippen molar-refractivity contribution in [3.63, 3.8) is 0 Å². The van der Waals surface area contributed by atoms with Gasteiger partial charge in [-0.05, 0) is 63.4 Å². The molecule has 0 bridgehead atoms. The number of ketones is 1. The average molecular weight is 651 g/mol. The number of carbonyl (C=O) groups is 4. The number of rotatable bonds is 21. The van der Waals surface area contributed by atoms with Gasteiger partial charge in [-0.1, -0.05) is 53.3 Å². The molecule has 1 rings (SSSR count). The fourth-order valence-corrected chi connectivity index (χ4v) is 5.46. The lowest BCUT2D eigenvalue weighted by Gasteiger charge is -2.27. The van der Waals surface area contributed by atoms with Gasteiger partial charge in [0.2, 0.25) is 0 Å². The number of aliphatic hydroxyl groups is 4. The van der Waals surface area contributed by atoms with Gasteiger partial charge in [0.15, 0.2) is 0 Å². The van der Waals surface area contributed by atoms with Gasteiger partial charge in [0, 0.05) is 29.9 Å². The standard InChI is InChI=1S/C35H54O11/c1-9-26(11-13-32(41)42)16-27(36)15-20(3)14-19(2)10-12-28(37)23(6)30(39)17-29(38)21(4)24(7)45-33(43)18-31(40)34-22(5)25(8)46-35(34)44/h11,13,16,19-21,23-24,27-29,31,36-38,40H,8-10,12,14-15,17-18H2,1-7H3,(H,41,42)/b13-11+,26-16+/t19?,20-,21-,23+,24-,27?,28?,29?,31?/m1/s1. The Hall–Kier alpha value is -3.12. The minimum atomic E-state index is -1.43. The maximum Gasteiger partial charge on any atom is 0.342 e. The van der Waals surface area contributed by atoms with E-state index in [1.54, 1.807) is 33.8 Å². The summed E-state index contributed by atoms with van der Waals surface area (Å²) >= 11 is 0. The van der Waals surface area contributed by atoms with E-state index < -0.39 is 66.7 Å². The van der Waals surface area contributed by atoms with E-state index in [9.17, 15) is 39.6 Å². The van der Waals surface area contributed by atoms with E-state index in [-0.39, 0.29) is 35.4 Å². The largest absolute Gasteiger partial charge is 0.478 e. The third-order valence-electron chi connectivity index (χ3n) is 8.77. The van der Waals surface area contributed by atoms with Crippen LogP contribution in [0.3, 0.4) is 0 Å². The van der Waals surface area contributed by atoms with Crippen LogP contribution in [0.5, 0.6) is 0 Å². The van der Waals surface area contributed by atoms with Crippen molar-refractivity contribution in [2.75, 3.05) is 0 Å². The molecule has 0 aliphatic carbocycles. The predicted octanol–water partition coefficient (Wildman–Crippen LogP) is 4.18. The molecule has 0 amide bonds. The molecule has 0 spiro atoms. The maximum atomic E-state index is 12.9. The fourth-order valence-electron chi connectivity index (χ4n) is 5.46. The second kappa shape index (κ2) is 19.5. The van der Waals surface area contributed by atoms with E-state index in [0.29, 0.717) is 31.3 Å². The monoisotopic (exact) mass is 650 g/mol. The van der Waals surface area contributed by atoms with E-state index >= 15 is 0 Å². The molecule has 1 aliphatic heterocycles. The van der Waals surface area contributed by atoms with Crippen LogP contribution in [-0.2, 0) is 28.7 Å². The summed E-state index contributed by atoms with van der Waals surface area (Å²) in [5.41, 5.74) is 1.06. The highest BCUT2D eigenvalue weighted by Gasteiger charge is 2.34. The summed E-state index contributed by atoms with van der Waals surface area (Å²) in [4.78, 5) is 47.9. The van der Waals surface area contributed by atoms with E-state index in [2.05, 4.69) is 6.58 Å². The number of aliphatic hydroxyl groups excluding tert-OH is 4. The van der Waals surface area contributed by atoms with Gasteiger partial charge in [-0.2, -0.15) is 0 Å². The topological polar surface area (TPSA) is 188 Å². The van der Waals surface area contributed by atoms with E-state index in [1.165, 1.54) is 6.08 Å². The van der Waals surface area contributed by atoms with Crippen LogP contribution in [0, 0.1) is 23.7 Å². The number of ether oxygens (including phenoxy) is 2. The van der Waals surface area contributed by atoms with Crippen molar-refractivity contribution in [3.8, 4) is 0 Å². The molecule has 1 aliphatic rings. The van der Waals surface area contributed by atoms with Crippen molar-refractivity contribution in [2.45, 2.75) is 124 Å². The summed E-state index contributed by atoms with van der Waals surface area (Å²) in [6.07, 6.45) is 1.48. The third kappa shape index (κ3) is 13.7. The Morgan fingerprint density at radius 2 is 1.54 bits per heavy atom. The first kappa shape index (κ1) is 40.9. The van der Waals surface area contributed by atoms with Crippen LogP contribution in [0.4, 0.5) is 0 Å². The second-order valence-corrected chi connectivity index (χ2v) is 12.8. The number of cyclic esters (lactones) is 1. The van der Waals surface area contributed by atoms with Gasteiger partial charge >= 0.3 is 17.9 Å². The summed E-state index contributed by atoms with van der Waals surface area (Å²) in [7, 11) is 0. The number of allylic oxidation sites excluding steroid dienone is 3. The first-order chi connectivity index (χ1) is 21.4. The van der Waals surface area contributed by atoms with Gasteiger partial charge in [0.25, 0.3) is 0 Å². The normalized spacial score (nSPS) is 20.0. The lowest BCUT2D eigenvalue weighted by Crippen LogP contribution is -2.36. The van der Waals surface area contributed by atoms with Crippen molar-refractivity contribution in [2.24, 2.45) is 23.7 Å². The molecule has 0 radical (unpaired) electrons. The first-order valence-electron chi connectivity index (χ1n) is 16.1. The minimum Gasteiger partial charge on any atom is -0.478 e. The quantitative estimate of drug-likeness (QED) is 0.0681. The minimum absolute atomic E-state index is 0.0499. The highest BCUT2D eigenvalue weighted by Crippen LogP contribution is 2.29. The summed E-state index contributed by atoms with van der Waals surface area (Å²) in [5, 5.41) is 51.0. The van der Waals surface area contributed by atoms with Crippen LogP contribution in [0.25, 0.3) is 0 Å². The molecule has 1 heterocycles. The fraction of sp³-hybridized carbons (Fsp3) is 0.657. The van der Waals surface area contributed by atoms with Gasteiger partial charge < -0.3 is 35.0 Å².